The van der Waals surface area contributed by atoms with Gasteiger partial charge in [0.2, 0.25) is 0 Å². The molecule has 5 nitrogen and oxygen atoms in total. The van der Waals surface area contributed by atoms with Crippen LogP contribution >= 0.6 is 0 Å². The molecule has 1 aromatic rings. The molecule has 0 aliphatic heterocycles. The zero-order valence-electron chi connectivity index (χ0n) is 13.1. The van der Waals surface area contributed by atoms with E-state index in [1.54, 1.807) is 6.07 Å². The summed E-state index contributed by atoms with van der Waals surface area (Å²) in [7, 11) is 1.23. The van der Waals surface area contributed by atoms with Crippen LogP contribution in [0.3, 0.4) is 0 Å². The fraction of sp³-hybridized carbons (Fsp3) is 0.412. The van der Waals surface area contributed by atoms with Crippen molar-refractivity contribution in [3.8, 4) is 0 Å². The summed E-state index contributed by atoms with van der Waals surface area (Å²) in [6.45, 7) is 0. The highest BCUT2D eigenvalue weighted by Gasteiger charge is 2.19. The number of rotatable bonds is 5. The molecular formula is C17H21FN2O3. The maximum Gasteiger partial charge on any atom is 0.332 e. The summed E-state index contributed by atoms with van der Waals surface area (Å²) in [6, 6.07) is 5.79. The van der Waals surface area contributed by atoms with Gasteiger partial charge in [-0.3, -0.25) is 4.79 Å². The molecule has 0 bridgehead atoms. The number of carbonyl (C=O) groups is 2. The molecule has 0 saturated heterocycles. The van der Waals surface area contributed by atoms with E-state index in [1.807, 2.05) is 0 Å². The average Bonchev–Trinajstić information content (AvgIpc) is 2.55. The smallest absolute Gasteiger partial charge is 0.332 e. The number of anilines is 1. The van der Waals surface area contributed by atoms with Gasteiger partial charge in [-0.15, -0.1) is 0 Å². The van der Waals surface area contributed by atoms with E-state index in [-0.39, 0.29) is 11.7 Å². The highest BCUT2D eigenvalue weighted by molar-refractivity contribution is 6.01. The zero-order chi connectivity index (χ0) is 16.7. The number of hydrogen-bond donors (Lipinski definition) is 2. The molecule has 6 heteroatoms. The van der Waals surface area contributed by atoms with Crippen molar-refractivity contribution in [2.75, 3.05) is 12.4 Å². The van der Waals surface area contributed by atoms with Crippen LogP contribution in [0, 0.1) is 5.82 Å². The van der Waals surface area contributed by atoms with E-state index in [0.717, 1.165) is 31.8 Å². The molecule has 0 spiro atoms. The number of carbonyl (C=O) groups excluding carboxylic acids is 2. The molecule has 2 N–H and O–H groups in total. The van der Waals surface area contributed by atoms with Crippen molar-refractivity contribution in [1.82, 2.24) is 5.32 Å². The van der Waals surface area contributed by atoms with Gasteiger partial charge in [-0.05, 0) is 31.0 Å². The molecule has 1 aliphatic carbocycles. The van der Waals surface area contributed by atoms with Crippen LogP contribution in [0.25, 0.3) is 0 Å². The highest BCUT2D eigenvalue weighted by Crippen LogP contribution is 2.18. The Morgan fingerprint density at radius 3 is 2.65 bits per heavy atom. The predicted octanol–water partition coefficient (Wildman–Crippen LogP) is 2.74. The largest absolute Gasteiger partial charge is 0.466 e. The lowest BCUT2D eigenvalue weighted by molar-refractivity contribution is -0.135. The lowest BCUT2D eigenvalue weighted by Gasteiger charge is -2.23. The number of ether oxygens (including phenoxy) is 1. The predicted molar refractivity (Wildman–Crippen MR) is 85.1 cm³/mol. The number of benzene rings is 1. The summed E-state index contributed by atoms with van der Waals surface area (Å²) in [4.78, 5) is 23.9. The van der Waals surface area contributed by atoms with Crippen LogP contribution in [0.2, 0.25) is 0 Å². The van der Waals surface area contributed by atoms with Crippen LogP contribution in [0.5, 0.6) is 0 Å². The number of nitrogens with one attached hydrogen (secondary N) is 2. The van der Waals surface area contributed by atoms with Gasteiger partial charge in [0.05, 0.1) is 13.2 Å². The van der Waals surface area contributed by atoms with Gasteiger partial charge < -0.3 is 15.4 Å². The molecule has 0 radical (unpaired) electrons. The molecule has 1 aromatic carbocycles. The first kappa shape index (κ1) is 17.0. The number of esters is 1. The first-order valence-electron chi connectivity index (χ1n) is 7.71. The third kappa shape index (κ3) is 5.39. The van der Waals surface area contributed by atoms with Gasteiger partial charge in [-0.25, -0.2) is 9.18 Å². The van der Waals surface area contributed by atoms with Crippen molar-refractivity contribution in [3.05, 3.63) is 41.9 Å². The molecular weight excluding hydrogens is 299 g/mol. The van der Waals surface area contributed by atoms with E-state index >= 15 is 0 Å². The van der Waals surface area contributed by atoms with E-state index in [1.165, 1.54) is 31.7 Å². The van der Waals surface area contributed by atoms with Crippen molar-refractivity contribution in [3.63, 3.8) is 0 Å². The molecule has 1 fully saturated rings. The molecule has 124 valence electrons. The van der Waals surface area contributed by atoms with Gasteiger partial charge in [-0.2, -0.15) is 0 Å². The fourth-order valence-electron chi connectivity index (χ4n) is 2.57. The Labute approximate surface area is 134 Å². The van der Waals surface area contributed by atoms with Gasteiger partial charge in [0.1, 0.15) is 11.5 Å². The molecule has 2 rings (SSSR count). The van der Waals surface area contributed by atoms with Crippen LogP contribution in [0.15, 0.2) is 36.0 Å². The van der Waals surface area contributed by atoms with Crippen molar-refractivity contribution in [1.29, 1.82) is 0 Å². The molecule has 1 aliphatic rings. The summed E-state index contributed by atoms with van der Waals surface area (Å²) >= 11 is 0. The van der Waals surface area contributed by atoms with Crippen LogP contribution in [0.1, 0.15) is 32.1 Å². The first-order valence-corrected chi connectivity index (χ1v) is 7.71. The summed E-state index contributed by atoms with van der Waals surface area (Å²) in [5.41, 5.74) is 0.423. The fourth-order valence-corrected chi connectivity index (χ4v) is 2.57. The van der Waals surface area contributed by atoms with Crippen LogP contribution in [0.4, 0.5) is 10.1 Å². The molecule has 1 amide bonds. The van der Waals surface area contributed by atoms with Crippen molar-refractivity contribution >= 4 is 17.6 Å². The Balaban J connectivity index is 2.11. The normalized spacial score (nSPS) is 15.8. The van der Waals surface area contributed by atoms with Gasteiger partial charge >= 0.3 is 5.97 Å². The molecule has 23 heavy (non-hydrogen) atoms. The average molecular weight is 320 g/mol. The Bertz CT molecular complexity index is 595. The van der Waals surface area contributed by atoms with Gasteiger partial charge in [0.25, 0.3) is 5.91 Å². The topological polar surface area (TPSA) is 67.4 Å². The van der Waals surface area contributed by atoms with Crippen molar-refractivity contribution in [2.24, 2.45) is 0 Å². The third-order valence-electron chi connectivity index (χ3n) is 3.75. The molecule has 0 heterocycles. The summed E-state index contributed by atoms with van der Waals surface area (Å²) in [5.74, 6) is -1.48. The second-order valence-corrected chi connectivity index (χ2v) is 5.52. The number of methoxy groups -OCH3 is 1. The van der Waals surface area contributed by atoms with E-state index in [4.69, 9.17) is 0 Å². The minimum atomic E-state index is -0.650. The van der Waals surface area contributed by atoms with E-state index in [9.17, 15) is 14.0 Å². The summed E-state index contributed by atoms with van der Waals surface area (Å²) in [5, 5.41) is 5.69. The van der Waals surface area contributed by atoms with Gasteiger partial charge in [-0.1, -0.05) is 25.3 Å². The summed E-state index contributed by atoms with van der Waals surface area (Å²) in [6.07, 6.45) is 6.27. The Morgan fingerprint density at radius 1 is 1.26 bits per heavy atom. The number of amides is 1. The van der Waals surface area contributed by atoms with E-state index < -0.39 is 17.7 Å². The monoisotopic (exact) mass is 320 g/mol. The van der Waals surface area contributed by atoms with E-state index in [2.05, 4.69) is 15.4 Å². The first-order chi connectivity index (χ1) is 11.1. The van der Waals surface area contributed by atoms with E-state index in [0.29, 0.717) is 5.69 Å². The third-order valence-corrected chi connectivity index (χ3v) is 3.75. The molecule has 0 atom stereocenters. The highest BCUT2D eigenvalue weighted by atomic mass is 19.1. The van der Waals surface area contributed by atoms with Gasteiger partial charge in [0.15, 0.2) is 0 Å². The Hall–Kier alpha value is -2.37. The second-order valence-electron chi connectivity index (χ2n) is 5.52. The minimum absolute atomic E-state index is 0.0352. The molecule has 0 unspecified atom stereocenters. The van der Waals surface area contributed by atoms with Crippen LogP contribution < -0.4 is 10.6 Å². The van der Waals surface area contributed by atoms with Crippen LogP contribution in [-0.4, -0.2) is 25.0 Å². The molecule has 0 aromatic heterocycles. The van der Waals surface area contributed by atoms with Gasteiger partial charge in [0, 0.05) is 11.7 Å². The minimum Gasteiger partial charge on any atom is -0.466 e. The number of hydrogen-bond acceptors (Lipinski definition) is 4. The Morgan fingerprint density at radius 2 is 2.00 bits per heavy atom. The zero-order valence-corrected chi connectivity index (χ0v) is 13.1. The quantitative estimate of drug-likeness (QED) is 0.647. The lowest BCUT2D eigenvalue weighted by atomic mass is 9.95. The maximum atomic E-state index is 13.3. The van der Waals surface area contributed by atoms with Crippen molar-refractivity contribution in [2.45, 2.75) is 38.1 Å². The summed E-state index contributed by atoms with van der Waals surface area (Å²) < 4.78 is 17.8. The second kappa shape index (κ2) is 8.31. The number of halogens is 1. The lowest BCUT2D eigenvalue weighted by Crippen LogP contribution is -2.38. The SMILES string of the molecule is COC(=O)/C=C(\Nc1cccc(F)c1)C(=O)NC1CCCCC1. The molecule has 1 saturated carbocycles. The standard InChI is InChI=1S/C17H21FN2O3/c1-23-16(21)11-15(19-14-9-5-6-12(18)10-14)17(22)20-13-7-3-2-4-8-13/h5-6,9-11,13,19H,2-4,7-8H2,1H3,(H,20,22)/b15-11-. The van der Waals surface area contributed by atoms with Crippen LogP contribution in [-0.2, 0) is 14.3 Å². The van der Waals surface area contributed by atoms with Crippen molar-refractivity contribution < 1.29 is 18.7 Å². The Kier molecular flexibility index (Phi) is 6.14. The maximum absolute atomic E-state index is 13.3.